The molecule has 0 unspecified atom stereocenters. The Morgan fingerprint density at radius 2 is 1.71 bits per heavy atom. The van der Waals surface area contributed by atoms with Gasteiger partial charge in [0.2, 0.25) is 0 Å². The number of anilines is 1. The molecular weight excluding hydrogens is 448 g/mol. The number of benzene rings is 2. The van der Waals surface area contributed by atoms with E-state index in [-0.39, 0.29) is 5.91 Å². The molecule has 0 N–H and O–H groups in total. The number of morpholine rings is 1. The summed E-state index contributed by atoms with van der Waals surface area (Å²) in [5, 5.41) is 0.665. The number of hydrogen-bond donors (Lipinski definition) is 0. The van der Waals surface area contributed by atoms with Crippen LogP contribution in [0.4, 0.5) is 11.4 Å². The number of nitrogens with zero attached hydrogens (tertiary/aromatic N) is 4. The van der Waals surface area contributed by atoms with Crippen molar-refractivity contribution in [3.8, 4) is 11.4 Å². The minimum Gasteiger partial charge on any atom is -0.497 e. The summed E-state index contributed by atoms with van der Waals surface area (Å²) in [6, 6.07) is 19.9. The van der Waals surface area contributed by atoms with Crippen molar-refractivity contribution >= 4 is 40.3 Å². The van der Waals surface area contributed by atoms with Crippen LogP contribution in [0, 0.1) is 0 Å². The largest absolute Gasteiger partial charge is 0.497 e. The second kappa shape index (κ2) is 9.79. The molecule has 174 valence electrons. The van der Waals surface area contributed by atoms with Gasteiger partial charge in [-0.05, 0) is 78.5 Å². The number of amidine groups is 1. The van der Waals surface area contributed by atoms with Gasteiger partial charge in [-0.25, -0.2) is 4.99 Å². The number of hydrogen-bond acceptors (Lipinski definition) is 6. The molecule has 3 aromatic rings. The normalized spacial score (nSPS) is 18.8. The van der Waals surface area contributed by atoms with E-state index >= 15 is 0 Å². The van der Waals surface area contributed by atoms with Crippen molar-refractivity contribution in [3.63, 3.8) is 0 Å². The van der Waals surface area contributed by atoms with Crippen molar-refractivity contribution in [3.05, 3.63) is 77.5 Å². The number of aliphatic imine (C=N–C) groups is 1. The number of rotatable bonds is 5. The second-order valence-electron chi connectivity index (χ2n) is 7.99. The van der Waals surface area contributed by atoms with Gasteiger partial charge in [-0.2, -0.15) is 0 Å². The summed E-state index contributed by atoms with van der Waals surface area (Å²) in [5.74, 6) is 0.744. The van der Waals surface area contributed by atoms with Gasteiger partial charge in [0, 0.05) is 43.4 Å². The molecule has 0 spiro atoms. The highest BCUT2D eigenvalue weighted by Crippen LogP contribution is 2.34. The highest BCUT2D eigenvalue weighted by molar-refractivity contribution is 8.18. The molecule has 2 saturated heterocycles. The number of methoxy groups -OCH3 is 1. The van der Waals surface area contributed by atoms with E-state index in [1.807, 2.05) is 65.4 Å². The molecule has 1 amide bonds. The number of likely N-dealkylation sites (N-methyl/N-ethyl adjacent to an activating group) is 1. The summed E-state index contributed by atoms with van der Waals surface area (Å²) in [6.45, 7) is 3.30. The lowest BCUT2D eigenvalue weighted by atomic mass is 10.2. The van der Waals surface area contributed by atoms with Gasteiger partial charge in [-0.1, -0.05) is 0 Å². The van der Waals surface area contributed by atoms with Crippen LogP contribution in [-0.2, 0) is 9.53 Å². The van der Waals surface area contributed by atoms with Crippen LogP contribution >= 0.6 is 11.8 Å². The summed E-state index contributed by atoms with van der Waals surface area (Å²) < 4.78 is 12.7. The summed E-state index contributed by atoms with van der Waals surface area (Å²) in [4.78, 5) is 22.2. The Bertz CT molecular complexity index is 1230. The van der Waals surface area contributed by atoms with Crippen LogP contribution in [0.2, 0.25) is 0 Å². The lowest BCUT2D eigenvalue weighted by Gasteiger charge is -2.28. The fourth-order valence-corrected chi connectivity index (χ4v) is 4.92. The van der Waals surface area contributed by atoms with E-state index in [4.69, 9.17) is 14.5 Å². The van der Waals surface area contributed by atoms with Crippen LogP contribution in [-0.4, -0.2) is 61.0 Å². The Labute approximate surface area is 203 Å². The lowest BCUT2D eigenvalue weighted by molar-refractivity contribution is -0.121. The molecule has 3 heterocycles. The highest BCUT2D eigenvalue weighted by atomic mass is 32.2. The predicted octanol–water partition coefficient (Wildman–Crippen LogP) is 4.56. The number of carbonyl (C=O) groups excluding carboxylic acids is 1. The minimum atomic E-state index is -0.0591. The lowest BCUT2D eigenvalue weighted by Crippen LogP contribution is -2.36. The SMILES string of the molecule is COc1ccc(-n2cccc2/C=C2\SC(=Nc3ccc(N4CCOCC4)cc3)N(C)C2=O)cc1. The Balaban J connectivity index is 1.35. The van der Waals surface area contributed by atoms with Gasteiger partial charge in [-0.15, -0.1) is 0 Å². The fraction of sp³-hybridized carbons (Fsp3) is 0.231. The van der Waals surface area contributed by atoms with Crippen molar-refractivity contribution < 1.29 is 14.3 Å². The zero-order chi connectivity index (χ0) is 23.5. The molecule has 2 aliphatic heterocycles. The molecule has 2 fully saturated rings. The highest BCUT2D eigenvalue weighted by Gasteiger charge is 2.30. The Hall–Kier alpha value is -3.49. The van der Waals surface area contributed by atoms with Crippen molar-refractivity contribution in [1.29, 1.82) is 0 Å². The monoisotopic (exact) mass is 474 g/mol. The molecule has 2 aliphatic rings. The summed E-state index contributed by atoms with van der Waals surface area (Å²) in [5.41, 5.74) is 3.90. The van der Waals surface area contributed by atoms with Crippen molar-refractivity contribution in [2.45, 2.75) is 0 Å². The van der Waals surface area contributed by atoms with Gasteiger partial charge in [-0.3, -0.25) is 9.69 Å². The molecule has 0 saturated carbocycles. The maximum absolute atomic E-state index is 12.9. The van der Waals surface area contributed by atoms with Gasteiger partial charge in [0.1, 0.15) is 5.75 Å². The average Bonchev–Trinajstić information content (AvgIpc) is 3.45. The van der Waals surface area contributed by atoms with E-state index in [2.05, 4.69) is 17.0 Å². The van der Waals surface area contributed by atoms with E-state index in [0.717, 1.165) is 54.8 Å². The van der Waals surface area contributed by atoms with E-state index in [1.54, 1.807) is 19.1 Å². The van der Waals surface area contributed by atoms with Crippen LogP contribution in [0.15, 0.2) is 76.8 Å². The Morgan fingerprint density at radius 1 is 1.00 bits per heavy atom. The van der Waals surface area contributed by atoms with Gasteiger partial charge >= 0.3 is 0 Å². The zero-order valence-electron chi connectivity index (χ0n) is 19.2. The van der Waals surface area contributed by atoms with Crippen LogP contribution in [0.5, 0.6) is 5.75 Å². The van der Waals surface area contributed by atoms with E-state index in [1.165, 1.54) is 11.8 Å². The number of aromatic nitrogens is 1. The molecule has 34 heavy (non-hydrogen) atoms. The number of carbonyl (C=O) groups is 1. The standard InChI is InChI=1S/C26H26N4O3S/c1-28-25(31)24(18-22-4-3-13-30(22)21-9-11-23(32-2)12-10-21)34-26(28)27-19-5-7-20(8-6-19)29-14-16-33-17-15-29/h3-13,18H,14-17H2,1-2H3/b24-18-,27-26?. The van der Waals surface area contributed by atoms with Gasteiger partial charge in [0.05, 0.1) is 30.9 Å². The van der Waals surface area contributed by atoms with E-state index in [9.17, 15) is 4.79 Å². The van der Waals surface area contributed by atoms with Crippen molar-refractivity contribution in [1.82, 2.24) is 9.47 Å². The van der Waals surface area contributed by atoms with E-state index in [0.29, 0.717) is 10.1 Å². The van der Waals surface area contributed by atoms with E-state index < -0.39 is 0 Å². The van der Waals surface area contributed by atoms with Crippen LogP contribution in [0.25, 0.3) is 11.8 Å². The number of amides is 1. The molecule has 8 heteroatoms. The van der Waals surface area contributed by atoms with Gasteiger partial charge in [0.25, 0.3) is 5.91 Å². The molecule has 7 nitrogen and oxygen atoms in total. The quantitative estimate of drug-likeness (QED) is 0.508. The maximum Gasteiger partial charge on any atom is 0.266 e. The van der Waals surface area contributed by atoms with Crippen molar-refractivity contribution in [2.24, 2.45) is 4.99 Å². The maximum atomic E-state index is 12.9. The zero-order valence-corrected chi connectivity index (χ0v) is 20.0. The minimum absolute atomic E-state index is 0.0591. The van der Waals surface area contributed by atoms with Crippen LogP contribution in [0.1, 0.15) is 5.69 Å². The summed E-state index contributed by atoms with van der Waals surface area (Å²) in [6.07, 6.45) is 3.89. The molecule has 0 bridgehead atoms. The smallest absolute Gasteiger partial charge is 0.266 e. The third-order valence-corrected chi connectivity index (χ3v) is 6.92. The number of thioether (sulfide) groups is 1. The first-order valence-electron chi connectivity index (χ1n) is 11.1. The molecule has 0 atom stereocenters. The molecule has 5 rings (SSSR count). The predicted molar refractivity (Wildman–Crippen MR) is 137 cm³/mol. The molecule has 0 aliphatic carbocycles. The topological polar surface area (TPSA) is 59.3 Å². The summed E-state index contributed by atoms with van der Waals surface area (Å²) >= 11 is 1.39. The third kappa shape index (κ3) is 4.60. The van der Waals surface area contributed by atoms with Gasteiger partial charge < -0.3 is 18.9 Å². The van der Waals surface area contributed by atoms with Gasteiger partial charge in [0.15, 0.2) is 5.17 Å². The van der Waals surface area contributed by atoms with Crippen molar-refractivity contribution in [2.75, 3.05) is 45.4 Å². The van der Waals surface area contributed by atoms with Crippen LogP contribution in [0.3, 0.4) is 0 Å². The first-order chi connectivity index (χ1) is 16.6. The Morgan fingerprint density at radius 3 is 2.41 bits per heavy atom. The average molecular weight is 475 g/mol. The molecular formula is C26H26N4O3S. The molecule has 0 radical (unpaired) electrons. The fourth-order valence-electron chi connectivity index (χ4n) is 3.95. The second-order valence-corrected chi connectivity index (χ2v) is 9.00. The first kappa shape index (κ1) is 22.3. The number of ether oxygens (including phenoxy) is 2. The van der Waals surface area contributed by atoms with Crippen LogP contribution < -0.4 is 9.64 Å². The molecule has 2 aromatic carbocycles. The summed E-state index contributed by atoms with van der Waals surface area (Å²) in [7, 11) is 3.41. The molecule has 1 aromatic heterocycles. The Kier molecular flexibility index (Phi) is 6.42. The first-order valence-corrected chi connectivity index (χ1v) is 11.9. The third-order valence-electron chi connectivity index (χ3n) is 5.86.